The molecule has 1 heterocycles. The van der Waals surface area contributed by atoms with E-state index in [4.69, 9.17) is 5.26 Å². The number of aromatic nitrogens is 1. The van der Waals surface area contributed by atoms with Crippen LogP contribution in [0.4, 0.5) is 0 Å². The van der Waals surface area contributed by atoms with Gasteiger partial charge in [0.25, 0.3) is 0 Å². The second-order valence-corrected chi connectivity index (χ2v) is 6.77. The van der Waals surface area contributed by atoms with Gasteiger partial charge in [0, 0.05) is 10.9 Å². The highest BCUT2D eigenvalue weighted by Gasteiger charge is 2.15. The van der Waals surface area contributed by atoms with Gasteiger partial charge in [-0.3, -0.25) is 0 Å². The molecule has 3 rings (SSSR count). The van der Waals surface area contributed by atoms with Crippen LogP contribution in [0, 0.1) is 11.3 Å². The fourth-order valence-electron chi connectivity index (χ4n) is 1.97. The highest BCUT2D eigenvalue weighted by Crippen LogP contribution is 2.20. The lowest BCUT2D eigenvalue weighted by atomic mass is 10.2. The van der Waals surface area contributed by atoms with Crippen LogP contribution in [0.3, 0.4) is 0 Å². The van der Waals surface area contributed by atoms with Gasteiger partial charge in [0.15, 0.2) is 9.84 Å². The number of hydrogen-bond acceptors (Lipinski definition) is 3. The van der Waals surface area contributed by atoms with E-state index in [1.54, 1.807) is 18.2 Å². The first kappa shape index (κ1) is 16.5. The number of benzene rings is 2. The maximum absolute atomic E-state index is 11.8. The third-order valence-corrected chi connectivity index (χ3v) is 4.63. The lowest BCUT2D eigenvalue weighted by Gasteiger charge is -1.95. The average Bonchev–Trinajstić information content (AvgIpc) is 3.01. The van der Waals surface area contributed by atoms with E-state index in [0.29, 0.717) is 16.5 Å². The Balaban J connectivity index is 0.000000268. The quantitative estimate of drug-likeness (QED) is 0.747. The van der Waals surface area contributed by atoms with Crippen LogP contribution in [-0.4, -0.2) is 19.2 Å². The molecule has 0 aliphatic heterocycles. The van der Waals surface area contributed by atoms with Gasteiger partial charge in [-0.1, -0.05) is 42.5 Å². The van der Waals surface area contributed by atoms with Crippen LogP contribution in [-0.2, 0) is 9.84 Å². The topological polar surface area (TPSA) is 73.7 Å². The van der Waals surface area contributed by atoms with E-state index in [9.17, 15) is 8.42 Å². The van der Waals surface area contributed by atoms with Crippen molar-refractivity contribution in [3.05, 3.63) is 78.9 Å². The molecule has 3 aromatic rings. The molecule has 4 nitrogen and oxygen atoms in total. The summed E-state index contributed by atoms with van der Waals surface area (Å²) < 4.78 is 23.6. The molecular weight excluding hydrogens is 308 g/mol. The predicted octanol–water partition coefficient (Wildman–Crippen LogP) is 3.69. The largest absolute Gasteiger partial charge is 0.346 e. The average molecular weight is 324 g/mol. The highest BCUT2D eigenvalue weighted by atomic mass is 32.2. The summed E-state index contributed by atoms with van der Waals surface area (Å²) in [7, 11) is -3.35. The van der Waals surface area contributed by atoms with Gasteiger partial charge in [0.05, 0.1) is 17.4 Å². The summed E-state index contributed by atoms with van der Waals surface area (Å²) in [6.45, 7) is 3.42. The summed E-state index contributed by atoms with van der Waals surface area (Å²) in [4.78, 5) is 2.83. The molecule has 0 saturated carbocycles. The fraction of sp³-hybridized carbons (Fsp3) is 0.0556. The lowest BCUT2D eigenvalue weighted by molar-refractivity contribution is 0.596. The van der Waals surface area contributed by atoms with Gasteiger partial charge in [0.1, 0.15) is 5.03 Å². The minimum Gasteiger partial charge on any atom is -0.346 e. The Hall–Kier alpha value is -2.84. The number of rotatable bonds is 3. The number of nitrogens with one attached hydrogen (secondary N) is 1. The normalized spacial score (nSPS) is 10.4. The van der Waals surface area contributed by atoms with Crippen molar-refractivity contribution in [1.82, 2.24) is 4.98 Å². The zero-order chi connectivity index (χ0) is 16.7. The molecule has 116 valence electrons. The van der Waals surface area contributed by atoms with Gasteiger partial charge in [-0.05, 0) is 24.3 Å². The Morgan fingerprint density at radius 3 is 2.22 bits per heavy atom. The SMILES string of the molecule is C=CCS(=O)(=O)c1cc2cc(C#N)ccc2[nH]1.c1ccccc1. The first-order valence-corrected chi connectivity index (χ1v) is 8.58. The smallest absolute Gasteiger partial charge is 0.197 e. The second-order valence-electron chi connectivity index (χ2n) is 4.77. The van der Waals surface area contributed by atoms with Crippen molar-refractivity contribution in [3.63, 3.8) is 0 Å². The van der Waals surface area contributed by atoms with Crippen molar-refractivity contribution in [2.24, 2.45) is 0 Å². The van der Waals surface area contributed by atoms with Crippen molar-refractivity contribution in [2.75, 3.05) is 5.75 Å². The van der Waals surface area contributed by atoms with E-state index in [0.717, 1.165) is 0 Å². The predicted molar refractivity (Wildman–Crippen MR) is 91.7 cm³/mol. The van der Waals surface area contributed by atoms with Crippen molar-refractivity contribution in [3.8, 4) is 6.07 Å². The number of aromatic amines is 1. The third-order valence-electron chi connectivity index (χ3n) is 3.06. The maximum Gasteiger partial charge on any atom is 0.197 e. The zero-order valence-electron chi connectivity index (χ0n) is 12.4. The summed E-state index contributed by atoms with van der Waals surface area (Å²) >= 11 is 0. The Labute approximate surface area is 135 Å². The Kier molecular flexibility index (Phi) is 5.34. The molecule has 0 aliphatic rings. The molecule has 1 aromatic heterocycles. The third kappa shape index (κ3) is 4.31. The highest BCUT2D eigenvalue weighted by molar-refractivity contribution is 7.91. The van der Waals surface area contributed by atoms with Crippen molar-refractivity contribution >= 4 is 20.7 Å². The van der Waals surface area contributed by atoms with E-state index >= 15 is 0 Å². The van der Waals surface area contributed by atoms with Gasteiger partial charge in [-0.2, -0.15) is 5.26 Å². The molecule has 2 aromatic carbocycles. The molecule has 0 saturated heterocycles. The standard InChI is InChI=1S/C12H10N2O2S.C6H6/c1-2-5-17(15,16)12-7-10-6-9(8-13)3-4-11(10)14-12;1-2-4-6-5-3-1/h2-4,6-7,14H,1,5H2;1-6H. The summed E-state index contributed by atoms with van der Waals surface area (Å²) in [6.07, 6.45) is 1.35. The molecule has 1 N–H and O–H groups in total. The first-order valence-electron chi connectivity index (χ1n) is 6.93. The monoisotopic (exact) mass is 324 g/mol. The molecule has 0 unspecified atom stereocenters. The maximum atomic E-state index is 11.8. The number of hydrogen-bond donors (Lipinski definition) is 1. The van der Waals surface area contributed by atoms with E-state index in [1.807, 2.05) is 42.5 Å². The number of nitriles is 1. The van der Waals surface area contributed by atoms with Crippen molar-refractivity contribution in [2.45, 2.75) is 5.03 Å². The van der Waals surface area contributed by atoms with Crippen LogP contribution in [0.5, 0.6) is 0 Å². The number of nitrogens with zero attached hydrogens (tertiary/aromatic N) is 1. The van der Waals surface area contributed by atoms with Gasteiger partial charge >= 0.3 is 0 Å². The van der Waals surface area contributed by atoms with Crippen LogP contribution < -0.4 is 0 Å². The molecule has 5 heteroatoms. The fourth-order valence-corrected chi connectivity index (χ4v) is 3.03. The Morgan fingerprint density at radius 1 is 1.09 bits per heavy atom. The van der Waals surface area contributed by atoms with Crippen LogP contribution in [0.1, 0.15) is 5.56 Å². The molecule has 0 bridgehead atoms. The van der Waals surface area contributed by atoms with Crippen molar-refractivity contribution in [1.29, 1.82) is 5.26 Å². The Morgan fingerprint density at radius 2 is 1.70 bits per heavy atom. The number of fused-ring (bicyclic) bond motifs is 1. The summed E-state index contributed by atoms with van der Waals surface area (Å²) in [6, 6.07) is 20.5. The number of H-pyrrole nitrogens is 1. The van der Waals surface area contributed by atoms with Gasteiger partial charge in [0.2, 0.25) is 0 Å². The van der Waals surface area contributed by atoms with E-state index in [-0.39, 0.29) is 10.8 Å². The number of sulfone groups is 1. The van der Waals surface area contributed by atoms with Crippen molar-refractivity contribution < 1.29 is 8.42 Å². The van der Waals surface area contributed by atoms with E-state index < -0.39 is 9.84 Å². The van der Waals surface area contributed by atoms with Crippen LogP contribution in [0.25, 0.3) is 10.9 Å². The van der Waals surface area contributed by atoms with Crippen LogP contribution in [0.2, 0.25) is 0 Å². The van der Waals surface area contributed by atoms with Gasteiger partial charge < -0.3 is 4.98 Å². The van der Waals surface area contributed by atoms with Gasteiger partial charge in [-0.15, -0.1) is 6.58 Å². The Bertz CT molecular complexity index is 909. The summed E-state index contributed by atoms with van der Waals surface area (Å²) in [5.74, 6) is -0.106. The molecule has 0 amide bonds. The molecule has 0 spiro atoms. The van der Waals surface area contributed by atoms with E-state index in [1.165, 1.54) is 12.1 Å². The minimum absolute atomic E-state index is 0.106. The zero-order valence-corrected chi connectivity index (χ0v) is 13.3. The van der Waals surface area contributed by atoms with Crippen LogP contribution in [0.15, 0.2) is 78.3 Å². The van der Waals surface area contributed by atoms with E-state index in [2.05, 4.69) is 11.6 Å². The van der Waals surface area contributed by atoms with Crippen LogP contribution >= 0.6 is 0 Å². The summed E-state index contributed by atoms with van der Waals surface area (Å²) in [5.41, 5.74) is 1.20. The molecule has 0 fully saturated rings. The first-order chi connectivity index (χ1) is 11.1. The lowest BCUT2D eigenvalue weighted by Crippen LogP contribution is -2.04. The summed E-state index contributed by atoms with van der Waals surface area (Å²) in [5, 5.41) is 9.63. The minimum atomic E-state index is -3.35. The second kappa shape index (κ2) is 7.43. The molecule has 0 atom stereocenters. The molecular formula is C18H16N2O2S. The molecule has 0 radical (unpaired) electrons. The van der Waals surface area contributed by atoms with Gasteiger partial charge in [-0.25, -0.2) is 8.42 Å². The molecule has 23 heavy (non-hydrogen) atoms. The molecule has 0 aliphatic carbocycles.